The van der Waals surface area contributed by atoms with Crippen LogP contribution < -0.4 is 5.32 Å². The second-order valence-electron chi connectivity index (χ2n) is 4.36. The molecule has 2 rings (SSSR count). The summed E-state index contributed by atoms with van der Waals surface area (Å²) >= 11 is 11.9. The summed E-state index contributed by atoms with van der Waals surface area (Å²) in [5.41, 5.74) is 2.41. The van der Waals surface area contributed by atoms with Crippen molar-refractivity contribution in [3.8, 4) is 0 Å². The molecule has 1 aromatic carbocycles. The monoisotopic (exact) mass is 311 g/mol. The van der Waals surface area contributed by atoms with Crippen LogP contribution in [0.15, 0.2) is 24.4 Å². The molecule has 0 unspecified atom stereocenters. The van der Waals surface area contributed by atoms with Crippen molar-refractivity contribution in [2.75, 3.05) is 0 Å². The Labute approximate surface area is 127 Å². The summed E-state index contributed by atoms with van der Waals surface area (Å²) in [7, 11) is 0. The van der Waals surface area contributed by atoms with Crippen molar-refractivity contribution in [3.63, 3.8) is 0 Å². The van der Waals surface area contributed by atoms with Crippen molar-refractivity contribution in [1.82, 2.24) is 15.1 Å². The average Bonchev–Trinajstić information content (AvgIpc) is 2.79. The maximum Gasteiger partial charge on any atom is 0.253 e. The largest absolute Gasteiger partial charge is 0.348 e. The molecule has 0 radical (unpaired) electrons. The lowest BCUT2D eigenvalue weighted by molar-refractivity contribution is 0.0951. The van der Waals surface area contributed by atoms with E-state index in [9.17, 15) is 4.79 Å². The fourth-order valence-electron chi connectivity index (χ4n) is 1.93. The fraction of sp³-hybridized carbons (Fsp3) is 0.286. The Hall–Kier alpha value is -1.52. The number of benzene rings is 1. The van der Waals surface area contributed by atoms with E-state index >= 15 is 0 Å². The normalized spacial score (nSPS) is 10.6. The Kier molecular flexibility index (Phi) is 4.68. The number of amides is 1. The van der Waals surface area contributed by atoms with Gasteiger partial charge in [0.05, 0.1) is 21.8 Å². The molecule has 0 bridgehead atoms. The topological polar surface area (TPSA) is 46.9 Å². The van der Waals surface area contributed by atoms with Crippen LogP contribution in [0.3, 0.4) is 0 Å². The van der Waals surface area contributed by atoms with E-state index in [1.54, 1.807) is 24.4 Å². The number of carbonyl (C=O) groups is 1. The molecule has 4 nitrogen and oxygen atoms in total. The number of hydrogen-bond acceptors (Lipinski definition) is 2. The molecule has 0 fully saturated rings. The van der Waals surface area contributed by atoms with Crippen molar-refractivity contribution < 1.29 is 4.79 Å². The van der Waals surface area contributed by atoms with Crippen LogP contribution in [0.25, 0.3) is 0 Å². The third kappa shape index (κ3) is 2.97. The third-order valence-corrected chi connectivity index (χ3v) is 3.96. The van der Waals surface area contributed by atoms with Crippen molar-refractivity contribution in [2.45, 2.75) is 26.9 Å². The van der Waals surface area contributed by atoms with Crippen LogP contribution in [0.5, 0.6) is 0 Å². The average molecular weight is 312 g/mol. The number of hydrogen-bond donors (Lipinski definition) is 1. The van der Waals surface area contributed by atoms with Crippen LogP contribution in [-0.4, -0.2) is 15.7 Å². The number of rotatable bonds is 4. The van der Waals surface area contributed by atoms with Gasteiger partial charge in [0.1, 0.15) is 0 Å². The Morgan fingerprint density at radius 2 is 2.15 bits per heavy atom. The standard InChI is InChI=1S/C14H15Cl2N3O/c1-3-19-9(2)10(8-18-19)7-17-14(20)11-5-4-6-12(15)13(11)16/h4-6,8H,3,7H2,1-2H3,(H,17,20). The van der Waals surface area contributed by atoms with Crippen molar-refractivity contribution in [3.05, 3.63) is 51.3 Å². The van der Waals surface area contributed by atoms with Crippen LogP contribution >= 0.6 is 23.2 Å². The molecule has 0 saturated heterocycles. The van der Waals surface area contributed by atoms with Crippen molar-refractivity contribution in [2.24, 2.45) is 0 Å². The predicted molar refractivity (Wildman–Crippen MR) is 80.3 cm³/mol. The maximum absolute atomic E-state index is 12.1. The van der Waals surface area contributed by atoms with Gasteiger partial charge in [0.2, 0.25) is 0 Å². The van der Waals surface area contributed by atoms with Gasteiger partial charge in [-0.15, -0.1) is 0 Å². The van der Waals surface area contributed by atoms with Crippen molar-refractivity contribution >= 4 is 29.1 Å². The molecule has 106 valence electrons. The van der Waals surface area contributed by atoms with E-state index in [-0.39, 0.29) is 10.9 Å². The number of aryl methyl sites for hydroxylation is 1. The van der Waals surface area contributed by atoms with Crippen LogP contribution in [0.2, 0.25) is 10.0 Å². The molecule has 0 aliphatic heterocycles. The molecule has 1 amide bonds. The highest BCUT2D eigenvalue weighted by atomic mass is 35.5. The van der Waals surface area contributed by atoms with Gasteiger partial charge in [-0.05, 0) is 26.0 Å². The van der Waals surface area contributed by atoms with Gasteiger partial charge in [-0.1, -0.05) is 29.3 Å². The third-order valence-electron chi connectivity index (χ3n) is 3.14. The summed E-state index contributed by atoms with van der Waals surface area (Å²) in [5, 5.41) is 7.70. The molecule has 20 heavy (non-hydrogen) atoms. The fourth-order valence-corrected chi connectivity index (χ4v) is 2.31. The first kappa shape index (κ1) is 14.9. The minimum Gasteiger partial charge on any atom is -0.348 e. The molecule has 1 aromatic heterocycles. The smallest absolute Gasteiger partial charge is 0.253 e. The van der Waals surface area contributed by atoms with E-state index in [1.807, 2.05) is 18.5 Å². The highest BCUT2D eigenvalue weighted by Crippen LogP contribution is 2.25. The molecule has 1 N–H and O–H groups in total. The van der Waals surface area contributed by atoms with Crippen LogP contribution in [0, 0.1) is 6.92 Å². The first-order valence-electron chi connectivity index (χ1n) is 6.28. The number of nitrogens with zero attached hydrogens (tertiary/aromatic N) is 2. The van der Waals surface area contributed by atoms with Crippen LogP contribution in [0.4, 0.5) is 0 Å². The summed E-state index contributed by atoms with van der Waals surface area (Å²) in [6, 6.07) is 4.99. The maximum atomic E-state index is 12.1. The van der Waals surface area contributed by atoms with Gasteiger partial charge in [0.15, 0.2) is 0 Å². The highest BCUT2D eigenvalue weighted by molar-refractivity contribution is 6.43. The molecule has 0 aliphatic rings. The predicted octanol–water partition coefficient (Wildman–Crippen LogP) is 3.45. The van der Waals surface area contributed by atoms with E-state index in [0.29, 0.717) is 17.1 Å². The Balaban J connectivity index is 2.09. The summed E-state index contributed by atoms with van der Waals surface area (Å²) in [6.07, 6.45) is 1.76. The number of nitrogens with one attached hydrogen (secondary N) is 1. The van der Waals surface area contributed by atoms with E-state index in [1.165, 1.54) is 0 Å². The zero-order valence-corrected chi connectivity index (χ0v) is 12.8. The Morgan fingerprint density at radius 1 is 1.40 bits per heavy atom. The molecule has 0 spiro atoms. The van der Waals surface area contributed by atoms with E-state index in [2.05, 4.69) is 10.4 Å². The molecule has 0 saturated carbocycles. The molecule has 6 heteroatoms. The molecule has 2 aromatic rings. The lowest BCUT2D eigenvalue weighted by atomic mass is 10.2. The van der Waals surface area contributed by atoms with Crippen molar-refractivity contribution in [1.29, 1.82) is 0 Å². The second kappa shape index (κ2) is 6.29. The lowest BCUT2D eigenvalue weighted by Gasteiger charge is -2.07. The first-order valence-corrected chi connectivity index (χ1v) is 7.03. The van der Waals surface area contributed by atoms with Crippen LogP contribution in [0.1, 0.15) is 28.5 Å². The minimum atomic E-state index is -0.249. The van der Waals surface area contributed by atoms with Gasteiger partial charge in [-0.25, -0.2) is 0 Å². The molecular formula is C14H15Cl2N3O. The molecule has 1 heterocycles. The number of carbonyl (C=O) groups excluding carboxylic acids is 1. The molecule has 0 atom stereocenters. The summed E-state index contributed by atoms with van der Waals surface area (Å²) < 4.78 is 1.88. The zero-order chi connectivity index (χ0) is 14.7. The Bertz CT molecular complexity index is 637. The quantitative estimate of drug-likeness (QED) is 0.940. The summed E-state index contributed by atoms with van der Waals surface area (Å²) in [4.78, 5) is 12.1. The van der Waals surface area contributed by atoms with Gasteiger partial charge in [0.25, 0.3) is 5.91 Å². The SMILES string of the molecule is CCn1ncc(CNC(=O)c2cccc(Cl)c2Cl)c1C. The van der Waals surface area contributed by atoms with E-state index < -0.39 is 0 Å². The van der Waals surface area contributed by atoms with Gasteiger partial charge in [0, 0.05) is 24.3 Å². The lowest BCUT2D eigenvalue weighted by Crippen LogP contribution is -2.23. The van der Waals surface area contributed by atoms with Gasteiger partial charge < -0.3 is 5.32 Å². The van der Waals surface area contributed by atoms with Gasteiger partial charge in [-0.2, -0.15) is 5.10 Å². The minimum absolute atomic E-state index is 0.249. The molecule has 0 aliphatic carbocycles. The van der Waals surface area contributed by atoms with Crippen LogP contribution in [-0.2, 0) is 13.1 Å². The van der Waals surface area contributed by atoms with Gasteiger partial charge >= 0.3 is 0 Å². The van der Waals surface area contributed by atoms with E-state index in [4.69, 9.17) is 23.2 Å². The summed E-state index contributed by atoms with van der Waals surface area (Å²) in [6.45, 7) is 5.21. The first-order chi connectivity index (χ1) is 9.54. The summed E-state index contributed by atoms with van der Waals surface area (Å²) in [5.74, 6) is -0.249. The molecular weight excluding hydrogens is 297 g/mol. The Morgan fingerprint density at radius 3 is 2.80 bits per heavy atom. The van der Waals surface area contributed by atoms with Gasteiger partial charge in [-0.3, -0.25) is 9.48 Å². The highest BCUT2D eigenvalue weighted by Gasteiger charge is 2.13. The second-order valence-corrected chi connectivity index (χ2v) is 5.14. The number of halogens is 2. The number of aromatic nitrogens is 2. The van der Waals surface area contributed by atoms with E-state index in [0.717, 1.165) is 17.8 Å². The zero-order valence-electron chi connectivity index (χ0n) is 11.3.